The van der Waals surface area contributed by atoms with E-state index in [0.29, 0.717) is 6.04 Å². The Morgan fingerprint density at radius 2 is 1.57 bits per heavy atom. The van der Waals surface area contributed by atoms with Crippen LogP contribution >= 0.6 is 12.4 Å². The number of hydrogen-bond donors (Lipinski definition) is 1. The largest absolute Gasteiger partial charge is 0.355 e. The van der Waals surface area contributed by atoms with E-state index in [1.807, 2.05) is 0 Å². The lowest BCUT2D eigenvalue weighted by atomic mass is 10.1. The molecule has 126 valence electrons. The highest BCUT2D eigenvalue weighted by Crippen LogP contribution is 2.13. The van der Waals surface area contributed by atoms with Gasteiger partial charge >= 0.3 is 0 Å². The molecule has 1 aliphatic heterocycles. The summed E-state index contributed by atoms with van der Waals surface area (Å²) in [5.41, 5.74) is 0. The lowest BCUT2D eigenvalue weighted by molar-refractivity contribution is -0.110. The molecule has 1 saturated heterocycles. The topological polar surface area (TPSA) is 32.3 Å². The molecular formula is C17H35ClN2O. The molecule has 0 unspecified atom stereocenters. The monoisotopic (exact) mass is 318 g/mol. The number of carbonyl (C=O) groups is 1. The van der Waals surface area contributed by atoms with Crippen LogP contribution < -0.4 is 5.32 Å². The van der Waals surface area contributed by atoms with Gasteiger partial charge in [-0.15, -0.1) is 12.4 Å². The van der Waals surface area contributed by atoms with Gasteiger partial charge in [0.2, 0.25) is 6.41 Å². The van der Waals surface area contributed by atoms with Gasteiger partial charge in [0, 0.05) is 19.1 Å². The van der Waals surface area contributed by atoms with E-state index in [2.05, 4.69) is 17.1 Å². The first-order chi connectivity index (χ1) is 9.86. The van der Waals surface area contributed by atoms with Crippen LogP contribution in [0, 0.1) is 0 Å². The van der Waals surface area contributed by atoms with Gasteiger partial charge in [-0.1, -0.05) is 64.7 Å². The van der Waals surface area contributed by atoms with Crippen molar-refractivity contribution in [2.75, 3.05) is 19.6 Å². The van der Waals surface area contributed by atoms with E-state index in [9.17, 15) is 4.79 Å². The highest BCUT2D eigenvalue weighted by Gasteiger charge is 2.20. The van der Waals surface area contributed by atoms with Gasteiger partial charge in [-0.2, -0.15) is 0 Å². The minimum Gasteiger partial charge on any atom is -0.355 e. The molecule has 0 bridgehead atoms. The van der Waals surface area contributed by atoms with Gasteiger partial charge in [0.15, 0.2) is 0 Å². The summed E-state index contributed by atoms with van der Waals surface area (Å²) in [5, 5.41) is 2.89. The Kier molecular flexibility index (Phi) is 14.5. The third kappa shape index (κ3) is 11.0. The lowest BCUT2D eigenvalue weighted by Crippen LogP contribution is -2.31. The second-order valence-electron chi connectivity index (χ2n) is 6.25. The van der Waals surface area contributed by atoms with Crippen LogP contribution in [0.5, 0.6) is 0 Å². The van der Waals surface area contributed by atoms with E-state index in [0.717, 1.165) is 25.9 Å². The van der Waals surface area contributed by atoms with Gasteiger partial charge < -0.3 is 10.2 Å². The minimum atomic E-state index is 0. The van der Waals surface area contributed by atoms with E-state index < -0.39 is 0 Å². The van der Waals surface area contributed by atoms with Crippen LogP contribution in [-0.2, 0) is 4.79 Å². The van der Waals surface area contributed by atoms with Gasteiger partial charge in [0.1, 0.15) is 0 Å². The summed E-state index contributed by atoms with van der Waals surface area (Å²) < 4.78 is 0. The highest BCUT2D eigenvalue weighted by atomic mass is 35.5. The Labute approximate surface area is 137 Å². The molecule has 0 aliphatic carbocycles. The molecule has 0 spiro atoms. The number of nitrogens with one attached hydrogen (secondary N) is 1. The Morgan fingerprint density at radius 1 is 1.00 bits per heavy atom. The zero-order chi connectivity index (χ0) is 14.5. The van der Waals surface area contributed by atoms with E-state index in [4.69, 9.17) is 0 Å². The predicted molar refractivity (Wildman–Crippen MR) is 93.1 cm³/mol. The van der Waals surface area contributed by atoms with Crippen LogP contribution in [0.3, 0.4) is 0 Å². The van der Waals surface area contributed by atoms with Crippen molar-refractivity contribution >= 4 is 18.8 Å². The molecule has 4 heteroatoms. The van der Waals surface area contributed by atoms with E-state index >= 15 is 0 Å². The number of nitrogens with zero attached hydrogens (tertiary/aromatic N) is 1. The second-order valence-corrected chi connectivity index (χ2v) is 6.25. The number of unbranched alkanes of at least 4 members (excludes halogenated alkanes) is 9. The number of rotatable bonds is 13. The van der Waals surface area contributed by atoms with Crippen molar-refractivity contribution in [3.8, 4) is 0 Å². The third-order valence-electron chi connectivity index (χ3n) is 4.40. The molecule has 1 rings (SSSR count). The molecule has 1 aliphatic rings. The van der Waals surface area contributed by atoms with E-state index in [1.165, 1.54) is 70.8 Å². The zero-order valence-electron chi connectivity index (χ0n) is 13.8. The smallest absolute Gasteiger partial charge is 0.207 e. The molecule has 0 aromatic rings. The van der Waals surface area contributed by atoms with Crippen molar-refractivity contribution in [2.45, 2.75) is 83.6 Å². The average molecular weight is 319 g/mol. The molecule has 1 atom stereocenters. The Morgan fingerprint density at radius 3 is 2.14 bits per heavy atom. The SMILES string of the molecule is CCCCCCCCCCCCN1CC[C@@H](NC=O)C1.Cl. The number of carbonyl (C=O) groups excluding carboxylic acids is 1. The molecule has 0 aromatic carbocycles. The van der Waals surface area contributed by atoms with Gasteiger partial charge in [0.25, 0.3) is 0 Å². The maximum Gasteiger partial charge on any atom is 0.207 e. The first kappa shape index (κ1) is 20.7. The van der Waals surface area contributed by atoms with Crippen molar-refractivity contribution in [1.29, 1.82) is 0 Å². The normalized spacial score (nSPS) is 18.4. The zero-order valence-corrected chi connectivity index (χ0v) is 14.6. The van der Waals surface area contributed by atoms with E-state index in [-0.39, 0.29) is 12.4 Å². The Balaban J connectivity index is 0.00000400. The Bertz CT molecular complexity index is 239. The summed E-state index contributed by atoms with van der Waals surface area (Å²) in [6, 6.07) is 0.399. The predicted octanol–water partition coefficient (Wildman–Crippen LogP) is 4.15. The summed E-state index contributed by atoms with van der Waals surface area (Å²) in [6.07, 6.45) is 16.0. The fourth-order valence-corrected chi connectivity index (χ4v) is 3.09. The molecule has 1 fully saturated rings. The second kappa shape index (κ2) is 14.6. The molecule has 1 N–H and O–H groups in total. The van der Waals surface area contributed by atoms with Crippen LogP contribution in [0.15, 0.2) is 0 Å². The van der Waals surface area contributed by atoms with Crippen molar-refractivity contribution in [2.24, 2.45) is 0 Å². The fourth-order valence-electron chi connectivity index (χ4n) is 3.09. The molecule has 0 aromatic heterocycles. The summed E-state index contributed by atoms with van der Waals surface area (Å²) in [7, 11) is 0. The molecule has 0 saturated carbocycles. The van der Waals surface area contributed by atoms with Gasteiger partial charge in [-0.25, -0.2) is 0 Å². The quantitative estimate of drug-likeness (QED) is 0.409. The molecule has 1 heterocycles. The summed E-state index contributed by atoms with van der Waals surface area (Å²) in [5.74, 6) is 0. The van der Waals surface area contributed by atoms with Crippen molar-refractivity contribution < 1.29 is 4.79 Å². The van der Waals surface area contributed by atoms with Crippen LogP contribution in [0.1, 0.15) is 77.6 Å². The van der Waals surface area contributed by atoms with Crippen LogP contribution in [0.4, 0.5) is 0 Å². The molecule has 0 radical (unpaired) electrons. The van der Waals surface area contributed by atoms with Gasteiger partial charge in [0.05, 0.1) is 0 Å². The first-order valence-electron chi connectivity index (χ1n) is 8.79. The number of amides is 1. The van der Waals surface area contributed by atoms with Crippen molar-refractivity contribution in [3.05, 3.63) is 0 Å². The van der Waals surface area contributed by atoms with Crippen LogP contribution in [0.2, 0.25) is 0 Å². The maximum atomic E-state index is 10.4. The van der Waals surface area contributed by atoms with Crippen molar-refractivity contribution in [3.63, 3.8) is 0 Å². The van der Waals surface area contributed by atoms with Crippen LogP contribution in [0.25, 0.3) is 0 Å². The molecule has 21 heavy (non-hydrogen) atoms. The lowest BCUT2D eigenvalue weighted by Gasteiger charge is -2.15. The number of hydrogen-bond acceptors (Lipinski definition) is 2. The van der Waals surface area contributed by atoms with E-state index in [1.54, 1.807) is 0 Å². The summed E-state index contributed by atoms with van der Waals surface area (Å²) >= 11 is 0. The molecule has 3 nitrogen and oxygen atoms in total. The van der Waals surface area contributed by atoms with Crippen LogP contribution in [-0.4, -0.2) is 37.0 Å². The Hall–Kier alpha value is -0.280. The fraction of sp³-hybridized carbons (Fsp3) is 0.941. The third-order valence-corrected chi connectivity index (χ3v) is 4.40. The number of likely N-dealkylation sites (tertiary alicyclic amines) is 1. The van der Waals surface area contributed by atoms with Crippen molar-refractivity contribution in [1.82, 2.24) is 10.2 Å². The first-order valence-corrected chi connectivity index (χ1v) is 8.79. The number of halogens is 1. The summed E-state index contributed by atoms with van der Waals surface area (Å²) in [6.45, 7) is 5.70. The highest BCUT2D eigenvalue weighted by molar-refractivity contribution is 5.85. The van der Waals surface area contributed by atoms with Gasteiger partial charge in [-0.05, 0) is 19.4 Å². The molecular weight excluding hydrogens is 284 g/mol. The standard InChI is InChI=1S/C17H34N2O.ClH/c1-2-3-4-5-6-7-8-9-10-11-13-19-14-12-17(15-19)18-16-20;/h16-17H,2-15H2,1H3,(H,18,20);1H/t17-;/m1./s1. The molecule has 1 amide bonds. The van der Waals surface area contributed by atoms with Gasteiger partial charge in [-0.3, -0.25) is 4.79 Å². The average Bonchev–Trinajstić information content (AvgIpc) is 2.89. The maximum absolute atomic E-state index is 10.4. The minimum absolute atomic E-state index is 0. The summed E-state index contributed by atoms with van der Waals surface area (Å²) in [4.78, 5) is 12.9.